The molecular weight excluding hydrogens is 833 g/mol. The minimum absolute atomic E-state index is 0.102. The number of benzene rings is 1. The van der Waals surface area contributed by atoms with Gasteiger partial charge >= 0.3 is 5.97 Å². The van der Waals surface area contributed by atoms with Crippen LogP contribution in [0.1, 0.15) is 103 Å². The van der Waals surface area contributed by atoms with Crippen LogP contribution in [-0.4, -0.2) is 125 Å². The van der Waals surface area contributed by atoms with Crippen molar-refractivity contribution in [2.45, 2.75) is 104 Å². The zero-order valence-electron chi connectivity index (χ0n) is 39.8. The van der Waals surface area contributed by atoms with E-state index < -0.39 is 82.0 Å². The fourth-order valence-electron chi connectivity index (χ4n) is 10.9. The highest BCUT2D eigenvalue weighted by atomic mass is 16.5. The van der Waals surface area contributed by atoms with Gasteiger partial charge in [-0.25, -0.2) is 4.79 Å². The molecule has 7 N–H and O–H groups in total. The number of amidine groups is 2. The maximum atomic E-state index is 16.4. The van der Waals surface area contributed by atoms with Gasteiger partial charge < -0.3 is 50.8 Å². The highest BCUT2D eigenvalue weighted by Crippen LogP contribution is 2.67. The van der Waals surface area contributed by atoms with Gasteiger partial charge in [0.1, 0.15) is 46.7 Å². The van der Waals surface area contributed by atoms with Crippen molar-refractivity contribution in [3.05, 3.63) is 57.7 Å². The predicted octanol–water partition coefficient (Wildman–Crippen LogP) is 5.50. The summed E-state index contributed by atoms with van der Waals surface area (Å²) in [6, 6.07) is 0. The number of piperazine rings is 1. The van der Waals surface area contributed by atoms with Crippen LogP contribution in [0.2, 0.25) is 0 Å². The molecule has 1 aromatic rings. The summed E-state index contributed by atoms with van der Waals surface area (Å²) >= 11 is 0. The van der Waals surface area contributed by atoms with E-state index in [1.54, 1.807) is 0 Å². The first-order valence-corrected chi connectivity index (χ1v) is 22.8. The van der Waals surface area contributed by atoms with Crippen molar-refractivity contribution in [3.8, 4) is 17.2 Å². The number of oxime groups is 2. The van der Waals surface area contributed by atoms with Crippen LogP contribution in [0.15, 0.2) is 51.3 Å². The van der Waals surface area contributed by atoms with E-state index >= 15 is 9.59 Å². The number of aliphatic hydroxyl groups is 1. The predicted molar refractivity (Wildman–Crippen MR) is 248 cm³/mol. The van der Waals surface area contributed by atoms with Gasteiger partial charge in [0.15, 0.2) is 22.8 Å². The molecule has 2 bridgehead atoms. The molecule has 3 aliphatic carbocycles. The number of nitrogens with zero attached hydrogens (tertiary/aromatic N) is 4. The van der Waals surface area contributed by atoms with Gasteiger partial charge in [-0.2, -0.15) is 0 Å². The number of hydrogen-bond acceptors (Lipinski definition) is 14. The topological polar surface area (TPSA) is 232 Å². The standard InChI is InChI=1S/C49H70N6O10/c1-27(2)12-11-17-47(8)18-16-32-40(64-47)31(14-13-28(3)4)42-37(41(32)63-25-24-55-22-20-54(9)21-23-55)39(56)38-35(36(44(50)52-60)45(51)53-61)33-26-34(29(5)6)49(38,65-42)48(59,43(33)57)19-15-30(7)46(58)62-10/h12-13,15-16,18,29,33-36,38,59-61H,11,14,17,19-26H2,1-10H3,(H2,50,52)(H2,51,53)/b30-15-. The zero-order valence-corrected chi connectivity index (χ0v) is 39.8. The quantitative estimate of drug-likeness (QED) is 0.0262. The van der Waals surface area contributed by atoms with Crippen molar-refractivity contribution in [2.75, 3.05) is 53.5 Å². The molecule has 3 heterocycles. The third-order valence-electron chi connectivity index (χ3n) is 14.4. The number of ketones is 2. The molecule has 0 aromatic heterocycles. The van der Waals surface area contributed by atoms with E-state index in [0.29, 0.717) is 29.8 Å². The Morgan fingerprint density at radius 3 is 2.22 bits per heavy atom. The van der Waals surface area contributed by atoms with E-state index in [4.69, 9.17) is 30.4 Å². The molecule has 3 aliphatic heterocycles. The molecule has 356 valence electrons. The van der Waals surface area contributed by atoms with Crippen molar-refractivity contribution in [1.82, 2.24) is 9.80 Å². The van der Waals surface area contributed by atoms with Crippen LogP contribution in [-0.2, 0) is 20.7 Å². The lowest BCUT2D eigenvalue weighted by atomic mass is 9.40. The fourth-order valence-corrected chi connectivity index (χ4v) is 10.9. The van der Waals surface area contributed by atoms with Crippen LogP contribution in [0.5, 0.6) is 17.2 Å². The molecule has 3 saturated carbocycles. The average Bonchev–Trinajstić information content (AvgIpc) is 3.26. The number of carbonyl (C=O) groups is 3. The second-order valence-electron chi connectivity index (χ2n) is 19.6. The number of esters is 1. The number of Topliss-reactive ketones (excluding diaryl/α,β-unsaturated/α-hetero) is 2. The molecule has 1 saturated heterocycles. The Balaban J connectivity index is 1.69. The number of nitrogens with two attached hydrogens (primary N) is 2. The van der Waals surface area contributed by atoms with Gasteiger partial charge in [-0.15, -0.1) is 0 Å². The minimum atomic E-state index is -2.43. The fraction of sp³-hybridized carbons (Fsp3) is 0.612. The summed E-state index contributed by atoms with van der Waals surface area (Å²) in [5, 5.41) is 40.3. The van der Waals surface area contributed by atoms with Crippen LogP contribution in [0.25, 0.3) is 6.08 Å². The van der Waals surface area contributed by atoms with Crippen LogP contribution >= 0.6 is 0 Å². The number of likely N-dealkylation sites (N-methyl/N-ethyl adjacent to an activating group) is 1. The highest BCUT2D eigenvalue weighted by Gasteiger charge is 2.79. The number of fused-ring (bicyclic) bond motifs is 4. The lowest BCUT2D eigenvalue weighted by molar-refractivity contribution is -0.253. The van der Waals surface area contributed by atoms with E-state index in [0.717, 1.165) is 38.2 Å². The van der Waals surface area contributed by atoms with Crippen molar-refractivity contribution in [2.24, 2.45) is 57.3 Å². The molecule has 16 heteroatoms. The number of methoxy groups -OCH3 is 1. The maximum absolute atomic E-state index is 16.4. The molecule has 8 unspecified atom stereocenters. The average molecular weight is 903 g/mol. The summed E-state index contributed by atoms with van der Waals surface area (Å²) in [4.78, 5) is 49.1. The number of hydrogen-bond donors (Lipinski definition) is 5. The molecule has 6 aliphatic rings. The van der Waals surface area contributed by atoms with Crippen molar-refractivity contribution in [3.63, 3.8) is 0 Å². The maximum Gasteiger partial charge on any atom is 0.333 e. The molecule has 1 aromatic carbocycles. The largest absolute Gasteiger partial charge is 0.491 e. The zero-order chi connectivity index (χ0) is 47.8. The summed E-state index contributed by atoms with van der Waals surface area (Å²) in [6.45, 7) is 19.7. The van der Waals surface area contributed by atoms with E-state index in [1.807, 2.05) is 52.8 Å². The smallest absolute Gasteiger partial charge is 0.333 e. The van der Waals surface area contributed by atoms with E-state index in [1.165, 1.54) is 25.7 Å². The van der Waals surface area contributed by atoms with Gasteiger partial charge in [0.25, 0.3) is 0 Å². The van der Waals surface area contributed by atoms with Crippen molar-refractivity contribution >= 4 is 35.3 Å². The van der Waals surface area contributed by atoms with Crippen LogP contribution in [0, 0.1) is 35.5 Å². The van der Waals surface area contributed by atoms with E-state index in [9.17, 15) is 20.3 Å². The second-order valence-corrected chi connectivity index (χ2v) is 19.6. The van der Waals surface area contributed by atoms with Crippen molar-refractivity contribution in [1.29, 1.82) is 0 Å². The molecule has 0 amide bonds. The lowest BCUT2D eigenvalue weighted by Crippen LogP contribution is -2.83. The summed E-state index contributed by atoms with van der Waals surface area (Å²) < 4.78 is 26.5. The Labute approximate surface area is 383 Å². The van der Waals surface area contributed by atoms with Crippen LogP contribution < -0.4 is 25.7 Å². The van der Waals surface area contributed by atoms with Gasteiger partial charge in [-0.3, -0.25) is 14.5 Å². The molecule has 4 fully saturated rings. The first-order chi connectivity index (χ1) is 30.7. The van der Waals surface area contributed by atoms with Crippen LogP contribution in [0.4, 0.5) is 0 Å². The third-order valence-corrected chi connectivity index (χ3v) is 14.4. The number of carbonyl (C=O) groups excluding carboxylic acids is 3. The van der Waals surface area contributed by atoms with Gasteiger partial charge in [-0.05, 0) is 98.3 Å². The van der Waals surface area contributed by atoms with Gasteiger partial charge in [0, 0.05) is 62.1 Å². The summed E-state index contributed by atoms with van der Waals surface area (Å²) in [7, 11) is 3.33. The number of rotatable bonds is 16. The third kappa shape index (κ3) is 8.93. The normalized spacial score (nSPS) is 29.6. The lowest BCUT2D eigenvalue weighted by Gasteiger charge is -2.67. The SMILES string of the molecule is COC(=O)/C(C)=C\CC1(O)C(=O)C2CC(C(C)C)C13Oc1c(CC=C(C)C)c4c(c(OCCN5CCN(C)CC5)c1C(=O)C3C2C(/C(N)=N/O)/C(N)=N\O)C=CC(C)(CCC=C(C)C)O4. The first kappa shape index (κ1) is 49.2. The van der Waals surface area contributed by atoms with Gasteiger partial charge in [-0.1, -0.05) is 53.5 Å². The molecule has 7 rings (SSSR count). The number of ether oxygens (including phenoxy) is 4. The molecule has 8 atom stereocenters. The molecule has 0 radical (unpaired) electrons. The van der Waals surface area contributed by atoms with Gasteiger partial charge in [0.05, 0.1) is 24.5 Å². The number of allylic oxidation sites excluding steroid dienone is 4. The molecule has 16 nitrogen and oxygen atoms in total. The first-order valence-electron chi connectivity index (χ1n) is 22.8. The monoisotopic (exact) mass is 903 g/mol. The molecule has 65 heavy (non-hydrogen) atoms. The highest BCUT2D eigenvalue weighted by molar-refractivity contribution is 6.12. The van der Waals surface area contributed by atoms with E-state index in [-0.39, 0.29) is 48.0 Å². The summed E-state index contributed by atoms with van der Waals surface area (Å²) in [6.07, 6.45) is 10.9. The van der Waals surface area contributed by atoms with E-state index in [2.05, 4.69) is 47.1 Å². The Morgan fingerprint density at radius 2 is 1.63 bits per heavy atom. The molecular formula is C49H70N6O10. The summed E-state index contributed by atoms with van der Waals surface area (Å²) in [5.74, 6) is -8.22. The molecule has 1 spiro atoms. The van der Waals surface area contributed by atoms with Crippen LogP contribution in [0.3, 0.4) is 0 Å². The summed E-state index contributed by atoms with van der Waals surface area (Å²) in [5.41, 5.74) is 11.0. The Kier molecular flexibility index (Phi) is 14.7. The Hall–Kier alpha value is -5.19. The Morgan fingerprint density at radius 1 is 0.985 bits per heavy atom. The minimum Gasteiger partial charge on any atom is -0.491 e. The second kappa shape index (κ2) is 19.3. The Bertz CT molecular complexity index is 2200. The van der Waals surface area contributed by atoms with Gasteiger partial charge in [0.2, 0.25) is 0 Å². The van der Waals surface area contributed by atoms with Crippen molar-refractivity contribution < 1.29 is 48.9 Å².